The second-order valence-corrected chi connectivity index (χ2v) is 7.87. The summed E-state index contributed by atoms with van der Waals surface area (Å²) in [4.78, 5) is 2.47. The van der Waals surface area contributed by atoms with E-state index in [4.69, 9.17) is 0 Å². The maximum atomic E-state index is 3.97. The van der Waals surface area contributed by atoms with Gasteiger partial charge in [0.25, 0.3) is 0 Å². The van der Waals surface area contributed by atoms with Crippen molar-refractivity contribution in [1.82, 2.24) is 0 Å². The van der Waals surface area contributed by atoms with Crippen molar-refractivity contribution in [2.75, 3.05) is 4.90 Å². The number of fused-ring (bicyclic) bond motifs is 2. The zero-order valence-electron chi connectivity index (χ0n) is 15.3. The first-order valence-electron chi connectivity index (χ1n) is 9.21. The standard InChI is InChI=1S/C23H27N/c1-16-12-18(3)22(19(4)13-16)23-11-7-9-20(14-23)24(15-23)21-10-6-5-8-17(21)2/h5-6,8,10,12-13,20H,7,9,11,14H2,1-4H3. The number of anilines is 1. The van der Waals surface area contributed by atoms with E-state index in [1.54, 1.807) is 0 Å². The molecule has 1 heteroatoms. The van der Waals surface area contributed by atoms with Gasteiger partial charge in [0.1, 0.15) is 6.54 Å². The lowest BCUT2D eigenvalue weighted by molar-refractivity contribution is 0.364. The smallest absolute Gasteiger partial charge is 0.103 e. The number of aryl methyl sites for hydroxylation is 4. The van der Waals surface area contributed by atoms with E-state index in [2.05, 4.69) is 75.5 Å². The zero-order chi connectivity index (χ0) is 16.9. The summed E-state index contributed by atoms with van der Waals surface area (Å²) >= 11 is 0. The van der Waals surface area contributed by atoms with E-state index < -0.39 is 0 Å². The predicted octanol–water partition coefficient (Wildman–Crippen LogP) is 5.66. The van der Waals surface area contributed by atoms with Gasteiger partial charge in [-0.3, -0.25) is 0 Å². The van der Waals surface area contributed by atoms with Gasteiger partial charge >= 0.3 is 0 Å². The molecule has 1 aliphatic heterocycles. The molecule has 1 aliphatic carbocycles. The van der Waals surface area contributed by atoms with Crippen LogP contribution in [-0.2, 0) is 5.41 Å². The number of hydrogen-bond donors (Lipinski definition) is 0. The fourth-order valence-electron chi connectivity index (χ4n) is 5.20. The second-order valence-electron chi connectivity index (χ2n) is 7.87. The number of rotatable bonds is 2. The number of hydrogen-bond acceptors (Lipinski definition) is 1. The Hall–Kier alpha value is -1.76. The van der Waals surface area contributed by atoms with Crippen LogP contribution in [0, 0.1) is 34.2 Å². The van der Waals surface area contributed by atoms with Crippen molar-refractivity contribution >= 4 is 5.69 Å². The molecule has 4 rings (SSSR count). The monoisotopic (exact) mass is 317 g/mol. The van der Waals surface area contributed by atoms with E-state index in [0.29, 0.717) is 6.04 Å². The minimum Gasteiger partial charge on any atom is -0.357 e. The first-order chi connectivity index (χ1) is 11.5. The molecule has 2 unspecified atom stereocenters. The number of para-hydroxylation sites is 1. The third kappa shape index (κ3) is 2.37. The minimum atomic E-state index is 0.104. The van der Waals surface area contributed by atoms with E-state index in [1.807, 2.05) is 0 Å². The SMILES string of the molecule is Cc1cc(C)c(C23[C]N(c4ccccc4C)C(CCC2)C3)c(C)c1. The molecule has 0 aromatic heterocycles. The van der Waals surface area contributed by atoms with Crippen molar-refractivity contribution in [3.05, 3.63) is 70.8 Å². The van der Waals surface area contributed by atoms with Crippen LogP contribution in [0.1, 0.15) is 53.5 Å². The van der Waals surface area contributed by atoms with Crippen LogP contribution in [0.3, 0.4) is 0 Å². The normalized spacial score (nSPS) is 26.0. The van der Waals surface area contributed by atoms with Gasteiger partial charge in [-0.1, -0.05) is 42.3 Å². The first kappa shape index (κ1) is 15.7. The lowest BCUT2D eigenvalue weighted by Crippen LogP contribution is -2.29. The molecule has 2 aliphatic rings. The van der Waals surface area contributed by atoms with E-state index in [0.717, 1.165) is 0 Å². The summed E-state index contributed by atoms with van der Waals surface area (Å²) in [5.74, 6) is 0. The quantitative estimate of drug-likeness (QED) is 0.691. The van der Waals surface area contributed by atoms with Gasteiger partial charge in [-0.15, -0.1) is 0 Å². The average molecular weight is 317 g/mol. The lowest BCUT2D eigenvalue weighted by atomic mass is 9.68. The molecule has 24 heavy (non-hydrogen) atoms. The number of benzene rings is 2. The molecular weight excluding hydrogens is 290 g/mol. The second kappa shape index (κ2) is 5.65. The Morgan fingerprint density at radius 2 is 1.71 bits per heavy atom. The molecule has 0 amide bonds. The van der Waals surface area contributed by atoms with Gasteiger partial charge in [-0.2, -0.15) is 0 Å². The first-order valence-corrected chi connectivity index (χ1v) is 9.21. The Bertz CT molecular complexity index is 752. The summed E-state index contributed by atoms with van der Waals surface area (Å²) in [5.41, 5.74) is 8.58. The van der Waals surface area contributed by atoms with E-state index in [-0.39, 0.29) is 5.41 Å². The topological polar surface area (TPSA) is 3.24 Å². The number of nitrogens with zero attached hydrogens (tertiary/aromatic N) is 1. The van der Waals surface area contributed by atoms with Gasteiger partial charge in [0, 0.05) is 17.1 Å². The third-order valence-electron chi connectivity index (χ3n) is 5.96. The summed E-state index contributed by atoms with van der Waals surface area (Å²) in [5, 5.41) is 0. The van der Waals surface area contributed by atoms with Crippen LogP contribution >= 0.6 is 0 Å². The van der Waals surface area contributed by atoms with Gasteiger partial charge in [-0.25, -0.2) is 0 Å². The Kier molecular flexibility index (Phi) is 3.71. The largest absolute Gasteiger partial charge is 0.357 e. The summed E-state index contributed by atoms with van der Waals surface area (Å²) < 4.78 is 0. The average Bonchev–Trinajstić information content (AvgIpc) is 2.77. The van der Waals surface area contributed by atoms with Gasteiger partial charge < -0.3 is 4.90 Å². The zero-order valence-corrected chi connectivity index (χ0v) is 15.3. The highest BCUT2D eigenvalue weighted by Gasteiger charge is 2.50. The molecule has 2 fully saturated rings. The molecular formula is C23H27N. The van der Waals surface area contributed by atoms with Crippen LogP contribution in [-0.4, -0.2) is 6.04 Å². The Morgan fingerprint density at radius 3 is 2.42 bits per heavy atom. The summed E-state index contributed by atoms with van der Waals surface area (Å²) in [6.45, 7) is 13.0. The maximum absolute atomic E-state index is 3.97. The van der Waals surface area contributed by atoms with Crippen LogP contribution < -0.4 is 4.90 Å². The van der Waals surface area contributed by atoms with Gasteiger partial charge in [0.2, 0.25) is 0 Å². The van der Waals surface area contributed by atoms with E-state index in [9.17, 15) is 0 Å². The Balaban J connectivity index is 1.79. The lowest BCUT2D eigenvalue weighted by Gasteiger charge is -2.34. The van der Waals surface area contributed by atoms with Crippen molar-refractivity contribution in [3.63, 3.8) is 0 Å². The molecule has 0 N–H and O–H groups in total. The Morgan fingerprint density at radius 1 is 1.00 bits per heavy atom. The third-order valence-corrected chi connectivity index (χ3v) is 5.96. The van der Waals surface area contributed by atoms with Crippen molar-refractivity contribution in [2.24, 2.45) is 0 Å². The molecule has 2 radical (unpaired) electrons. The van der Waals surface area contributed by atoms with Crippen LogP contribution in [0.2, 0.25) is 0 Å². The van der Waals surface area contributed by atoms with Crippen molar-refractivity contribution in [2.45, 2.75) is 64.8 Å². The van der Waals surface area contributed by atoms with Gasteiger partial charge in [0.05, 0.1) is 0 Å². The predicted molar refractivity (Wildman–Crippen MR) is 101 cm³/mol. The highest BCUT2D eigenvalue weighted by atomic mass is 15.2. The summed E-state index contributed by atoms with van der Waals surface area (Å²) in [7, 11) is 0. The highest BCUT2D eigenvalue weighted by molar-refractivity contribution is 5.60. The molecule has 1 heterocycles. The Labute approximate surface area is 146 Å². The molecule has 1 saturated heterocycles. The van der Waals surface area contributed by atoms with Crippen LogP contribution in [0.25, 0.3) is 0 Å². The minimum absolute atomic E-state index is 0.104. The molecule has 0 spiro atoms. The van der Waals surface area contributed by atoms with E-state index >= 15 is 0 Å². The molecule has 2 atom stereocenters. The molecule has 124 valence electrons. The van der Waals surface area contributed by atoms with Crippen molar-refractivity contribution < 1.29 is 0 Å². The molecule has 1 nitrogen and oxygen atoms in total. The van der Waals surface area contributed by atoms with E-state index in [1.165, 1.54) is 59.2 Å². The van der Waals surface area contributed by atoms with Crippen LogP contribution in [0.5, 0.6) is 0 Å². The summed E-state index contributed by atoms with van der Waals surface area (Å²) in [6.07, 6.45) is 5.03. The molecule has 2 bridgehead atoms. The molecule has 2 aromatic rings. The van der Waals surface area contributed by atoms with Crippen molar-refractivity contribution in [3.8, 4) is 0 Å². The van der Waals surface area contributed by atoms with Crippen LogP contribution in [0.15, 0.2) is 36.4 Å². The fraction of sp³-hybridized carbons (Fsp3) is 0.435. The van der Waals surface area contributed by atoms with Gasteiger partial charge in [-0.05, 0) is 75.3 Å². The fourth-order valence-corrected chi connectivity index (χ4v) is 5.20. The van der Waals surface area contributed by atoms with Crippen molar-refractivity contribution in [1.29, 1.82) is 0 Å². The maximum Gasteiger partial charge on any atom is 0.103 e. The van der Waals surface area contributed by atoms with Gasteiger partial charge in [0.15, 0.2) is 0 Å². The molecule has 2 aromatic carbocycles. The summed E-state index contributed by atoms with van der Waals surface area (Å²) in [6, 6.07) is 14.0. The van der Waals surface area contributed by atoms with Crippen LogP contribution in [0.4, 0.5) is 5.69 Å². The highest BCUT2D eigenvalue weighted by Crippen LogP contribution is 2.53. The molecule has 1 saturated carbocycles.